The summed E-state index contributed by atoms with van der Waals surface area (Å²) in [5, 5.41) is 11.1. The van der Waals surface area contributed by atoms with Crippen molar-refractivity contribution in [2.75, 3.05) is 12.3 Å². The second-order valence-electron chi connectivity index (χ2n) is 2.86. The van der Waals surface area contributed by atoms with Crippen LogP contribution < -0.4 is 11.1 Å². The minimum absolute atomic E-state index is 0.271. The average Bonchev–Trinajstić information content (AvgIpc) is 2.14. The van der Waals surface area contributed by atoms with Gasteiger partial charge in [-0.05, 0) is 25.1 Å². The van der Waals surface area contributed by atoms with Crippen LogP contribution in [0.1, 0.15) is 19.3 Å². The fourth-order valence-corrected chi connectivity index (χ4v) is 1.17. The van der Waals surface area contributed by atoms with Crippen LogP contribution >= 0.6 is 12.6 Å². The molecule has 0 aliphatic rings. The van der Waals surface area contributed by atoms with Crippen molar-refractivity contribution in [2.24, 2.45) is 5.73 Å². The van der Waals surface area contributed by atoms with Crippen molar-refractivity contribution in [2.45, 2.75) is 25.3 Å². The maximum atomic E-state index is 11.1. The Hall–Kier alpha value is -0.750. The van der Waals surface area contributed by atoms with Gasteiger partial charge in [-0.3, -0.25) is 4.79 Å². The Morgan fingerprint density at radius 1 is 1.50 bits per heavy atom. The van der Waals surface area contributed by atoms with Crippen molar-refractivity contribution in [3.8, 4) is 0 Å². The molecule has 0 heterocycles. The molecule has 0 radical (unpaired) electrons. The highest BCUT2D eigenvalue weighted by atomic mass is 32.1. The first-order valence-corrected chi connectivity index (χ1v) is 5.08. The summed E-state index contributed by atoms with van der Waals surface area (Å²) in [5.41, 5.74) is 5.22. The van der Waals surface area contributed by atoms with E-state index in [1.807, 2.05) is 0 Å². The Balaban J connectivity index is 3.90. The van der Waals surface area contributed by atoms with Crippen LogP contribution in [-0.4, -0.2) is 35.3 Å². The zero-order valence-electron chi connectivity index (χ0n) is 7.90. The van der Waals surface area contributed by atoms with Gasteiger partial charge >= 0.3 is 5.97 Å². The summed E-state index contributed by atoms with van der Waals surface area (Å²) in [5.74, 6) is -0.876. The molecule has 0 spiro atoms. The minimum atomic E-state index is -1.03. The first-order valence-electron chi connectivity index (χ1n) is 4.45. The number of rotatable bonds is 7. The fraction of sp³-hybridized carbons (Fsp3) is 0.750. The van der Waals surface area contributed by atoms with Crippen molar-refractivity contribution in [3.05, 3.63) is 0 Å². The lowest BCUT2D eigenvalue weighted by atomic mass is 10.2. The van der Waals surface area contributed by atoms with Gasteiger partial charge in [-0.15, -0.1) is 0 Å². The molecule has 6 heteroatoms. The quantitative estimate of drug-likeness (QED) is 0.440. The van der Waals surface area contributed by atoms with Gasteiger partial charge in [0.05, 0.1) is 0 Å². The maximum absolute atomic E-state index is 11.1. The van der Waals surface area contributed by atoms with Crippen molar-refractivity contribution in [3.63, 3.8) is 0 Å². The lowest BCUT2D eigenvalue weighted by Gasteiger charge is -2.12. The topological polar surface area (TPSA) is 92.4 Å². The number of hydrogen-bond donors (Lipinski definition) is 4. The lowest BCUT2D eigenvalue weighted by Crippen LogP contribution is -2.41. The molecule has 0 unspecified atom stereocenters. The van der Waals surface area contributed by atoms with Gasteiger partial charge < -0.3 is 16.2 Å². The molecule has 0 fully saturated rings. The van der Waals surface area contributed by atoms with Crippen LogP contribution in [0, 0.1) is 0 Å². The zero-order valence-corrected chi connectivity index (χ0v) is 8.80. The average molecular weight is 220 g/mol. The second kappa shape index (κ2) is 7.64. The Morgan fingerprint density at radius 2 is 2.14 bits per heavy atom. The van der Waals surface area contributed by atoms with Crippen LogP contribution in [0.25, 0.3) is 0 Å². The largest absolute Gasteiger partial charge is 0.480 e. The molecule has 4 N–H and O–H groups in total. The highest BCUT2D eigenvalue weighted by Crippen LogP contribution is 1.96. The number of carboxylic acid groups (broad SMARTS) is 1. The number of aliphatic carboxylic acids is 1. The van der Waals surface area contributed by atoms with Gasteiger partial charge in [0, 0.05) is 6.42 Å². The van der Waals surface area contributed by atoms with E-state index < -0.39 is 12.0 Å². The molecule has 82 valence electrons. The van der Waals surface area contributed by atoms with Crippen LogP contribution in [0.5, 0.6) is 0 Å². The molecule has 1 amide bonds. The van der Waals surface area contributed by atoms with Gasteiger partial charge in [0.1, 0.15) is 6.04 Å². The summed E-state index contributed by atoms with van der Waals surface area (Å²) in [6.45, 7) is 0.428. The van der Waals surface area contributed by atoms with Crippen LogP contribution in [0.4, 0.5) is 0 Å². The number of amides is 1. The first-order chi connectivity index (χ1) is 6.61. The second-order valence-corrected chi connectivity index (χ2v) is 3.31. The third-order valence-corrected chi connectivity index (χ3v) is 1.92. The van der Waals surface area contributed by atoms with E-state index >= 15 is 0 Å². The number of thiol groups is 1. The summed E-state index contributed by atoms with van der Waals surface area (Å²) in [4.78, 5) is 21.8. The highest BCUT2D eigenvalue weighted by molar-refractivity contribution is 7.80. The number of carbonyl (C=O) groups is 2. The predicted molar refractivity (Wildman–Crippen MR) is 56.3 cm³/mol. The molecular weight excluding hydrogens is 204 g/mol. The Morgan fingerprint density at radius 3 is 2.57 bits per heavy atom. The van der Waals surface area contributed by atoms with E-state index in [9.17, 15) is 9.59 Å². The van der Waals surface area contributed by atoms with E-state index in [0.29, 0.717) is 25.1 Å². The highest BCUT2D eigenvalue weighted by Gasteiger charge is 2.18. The number of hydrogen-bond acceptors (Lipinski definition) is 4. The van der Waals surface area contributed by atoms with E-state index in [-0.39, 0.29) is 12.3 Å². The van der Waals surface area contributed by atoms with Gasteiger partial charge in [0.25, 0.3) is 0 Å². The summed E-state index contributed by atoms with van der Waals surface area (Å²) >= 11 is 3.91. The standard InChI is InChI=1S/C8H16N2O3S/c9-4-1-2-7(11)10-6(3-5-14)8(12)13/h6,14H,1-5,9H2,(H,10,11)(H,12,13)/t6-/m0/s1. The third kappa shape index (κ3) is 5.82. The molecule has 0 aliphatic carbocycles. The summed E-state index contributed by atoms with van der Waals surface area (Å²) in [7, 11) is 0. The van der Waals surface area contributed by atoms with Gasteiger partial charge in [-0.1, -0.05) is 0 Å². The van der Waals surface area contributed by atoms with E-state index in [2.05, 4.69) is 17.9 Å². The number of carbonyl (C=O) groups excluding carboxylic acids is 1. The molecule has 1 atom stereocenters. The summed E-state index contributed by atoms with van der Waals surface area (Å²) < 4.78 is 0. The van der Waals surface area contributed by atoms with Crippen molar-refractivity contribution in [1.29, 1.82) is 0 Å². The molecule has 0 saturated carbocycles. The van der Waals surface area contributed by atoms with Crippen molar-refractivity contribution >= 4 is 24.5 Å². The normalized spacial score (nSPS) is 12.1. The van der Waals surface area contributed by atoms with Crippen LogP contribution in [-0.2, 0) is 9.59 Å². The fourth-order valence-electron chi connectivity index (χ4n) is 0.916. The molecule has 0 aromatic heterocycles. The molecule has 0 aromatic carbocycles. The molecule has 0 bridgehead atoms. The van der Waals surface area contributed by atoms with Gasteiger partial charge in [-0.25, -0.2) is 4.79 Å². The van der Waals surface area contributed by atoms with Gasteiger partial charge in [0.2, 0.25) is 5.91 Å². The van der Waals surface area contributed by atoms with E-state index in [4.69, 9.17) is 10.8 Å². The van der Waals surface area contributed by atoms with Crippen LogP contribution in [0.3, 0.4) is 0 Å². The van der Waals surface area contributed by atoms with Crippen molar-refractivity contribution < 1.29 is 14.7 Å². The molecule has 0 aromatic rings. The molecular formula is C8H16N2O3S. The predicted octanol–water partition coefficient (Wildman–Crippen LogP) is -0.385. The van der Waals surface area contributed by atoms with E-state index in [0.717, 1.165) is 0 Å². The maximum Gasteiger partial charge on any atom is 0.326 e. The summed E-state index contributed by atoms with van der Waals surface area (Å²) in [6, 6.07) is -0.835. The van der Waals surface area contributed by atoms with Crippen molar-refractivity contribution in [1.82, 2.24) is 5.32 Å². The smallest absolute Gasteiger partial charge is 0.326 e. The molecule has 14 heavy (non-hydrogen) atoms. The lowest BCUT2D eigenvalue weighted by molar-refractivity contribution is -0.141. The zero-order chi connectivity index (χ0) is 11.0. The van der Waals surface area contributed by atoms with Crippen LogP contribution in [0.2, 0.25) is 0 Å². The number of nitrogens with one attached hydrogen (secondary N) is 1. The Bertz CT molecular complexity index is 199. The summed E-state index contributed by atoms with van der Waals surface area (Å²) in [6.07, 6.45) is 1.17. The third-order valence-electron chi connectivity index (χ3n) is 1.66. The molecule has 0 rings (SSSR count). The van der Waals surface area contributed by atoms with Gasteiger partial charge in [-0.2, -0.15) is 12.6 Å². The first kappa shape index (κ1) is 13.2. The Labute approximate surface area is 88.5 Å². The van der Waals surface area contributed by atoms with Gasteiger partial charge in [0.15, 0.2) is 0 Å². The molecule has 5 nitrogen and oxygen atoms in total. The minimum Gasteiger partial charge on any atom is -0.480 e. The molecule has 0 saturated heterocycles. The monoisotopic (exact) mass is 220 g/mol. The van der Waals surface area contributed by atoms with E-state index in [1.54, 1.807) is 0 Å². The number of nitrogens with two attached hydrogens (primary N) is 1. The SMILES string of the molecule is NCCCC(=O)N[C@@H](CCS)C(=O)O. The Kier molecular flexibility index (Phi) is 7.23. The van der Waals surface area contributed by atoms with Crippen LogP contribution in [0.15, 0.2) is 0 Å². The van der Waals surface area contributed by atoms with E-state index in [1.165, 1.54) is 0 Å². The number of carboxylic acids is 1. The molecule has 0 aliphatic heterocycles.